The first kappa shape index (κ1) is 12.3. The molecule has 1 aliphatic heterocycles. The van der Waals surface area contributed by atoms with Gasteiger partial charge >= 0.3 is 0 Å². The predicted molar refractivity (Wildman–Crippen MR) is 67.2 cm³/mol. The lowest BCUT2D eigenvalue weighted by Gasteiger charge is -2.36. The predicted octanol–water partition coefficient (Wildman–Crippen LogP) is 4.26. The van der Waals surface area contributed by atoms with E-state index in [0.29, 0.717) is 5.92 Å². The maximum Gasteiger partial charge on any atom is 0.123 e. The van der Waals surface area contributed by atoms with Crippen molar-refractivity contribution in [3.8, 4) is 0 Å². The molecule has 1 saturated heterocycles. The Labute approximate surface area is 102 Å². The molecule has 92 valence electrons. The van der Waals surface area contributed by atoms with Crippen molar-refractivity contribution in [2.24, 2.45) is 5.92 Å². The highest BCUT2D eigenvalue weighted by Gasteiger charge is 2.30. The maximum atomic E-state index is 12.9. The molecule has 1 nitrogen and oxygen atoms in total. The number of hydrogen-bond acceptors (Lipinski definition) is 1. The van der Waals surface area contributed by atoms with Crippen LogP contribution in [0.2, 0.25) is 0 Å². The molecule has 0 saturated carbocycles. The molecule has 0 amide bonds. The fourth-order valence-electron chi connectivity index (χ4n) is 2.45. The topological polar surface area (TPSA) is 9.23 Å². The van der Waals surface area contributed by atoms with Gasteiger partial charge in [0.15, 0.2) is 0 Å². The molecular formula is C15H19FO. The lowest BCUT2D eigenvalue weighted by atomic mass is 9.83. The average Bonchev–Trinajstić information content (AvgIpc) is 2.29. The quantitative estimate of drug-likeness (QED) is 0.695. The summed E-state index contributed by atoms with van der Waals surface area (Å²) in [6, 6.07) is 6.61. The number of benzene rings is 1. The number of hydrogen-bond donors (Lipinski definition) is 0. The summed E-state index contributed by atoms with van der Waals surface area (Å²) in [5.41, 5.74) is 2.19. The Kier molecular flexibility index (Phi) is 3.63. The third-order valence-corrected chi connectivity index (χ3v) is 3.46. The maximum absolute atomic E-state index is 12.9. The molecule has 0 radical (unpaired) electrons. The van der Waals surface area contributed by atoms with Crippen LogP contribution in [-0.2, 0) is 4.74 Å². The van der Waals surface area contributed by atoms with Crippen molar-refractivity contribution in [1.29, 1.82) is 0 Å². The van der Waals surface area contributed by atoms with E-state index in [4.69, 9.17) is 4.74 Å². The smallest absolute Gasteiger partial charge is 0.123 e. The molecule has 0 aromatic heterocycles. The van der Waals surface area contributed by atoms with E-state index in [2.05, 4.69) is 13.5 Å². The van der Waals surface area contributed by atoms with Crippen molar-refractivity contribution >= 4 is 0 Å². The van der Waals surface area contributed by atoms with Crippen LogP contribution in [-0.4, -0.2) is 6.10 Å². The van der Waals surface area contributed by atoms with Crippen LogP contribution in [0.1, 0.15) is 38.4 Å². The van der Waals surface area contributed by atoms with E-state index in [1.54, 1.807) is 0 Å². The molecule has 1 aliphatic rings. The van der Waals surface area contributed by atoms with Gasteiger partial charge in [0.2, 0.25) is 0 Å². The minimum absolute atomic E-state index is 0.0249. The zero-order chi connectivity index (χ0) is 12.4. The van der Waals surface area contributed by atoms with Crippen LogP contribution in [0.15, 0.2) is 36.4 Å². The minimum Gasteiger partial charge on any atom is -0.370 e. The van der Waals surface area contributed by atoms with Gasteiger partial charge in [-0.15, -0.1) is 0 Å². The second kappa shape index (κ2) is 5.01. The summed E-state index contributed by atoms with van der Waals surface area (Å²) in [7, 11) is 0. The van der Waals surface area contributed by atoms with E-state index in [-0.39, 0.29) is 18.0 Å². The van der Waals surface area contributed by atoms with Crippen LogP contribution < -0.4 is 0 Å². The van der Waals surface area contributed by atoms with E-state index in [9.17, 15) is 4.39 Å². The molecule has 0 bridgehead atoms. The summed E-state index contributed by atoms with van der Waals surface area (Å²) in [4.78, 5) is 0. The van der Waals surface area contributed by atoms with Gasteiger partial charge in [-0.05, 0) is 44.4 Å². The first-order valence-corrected chi connectivity index (χ1v) is 6.14. The van der Waals surface area contributed by atoms with E-state index in [1.165, 1.54) is 12.1 Å². The number of rotatable bonds is 2. The second-order valence-corrected chi connectivity index (χ2v) is 4.95. The second-order valence-electron chi connectivity index (χ2n) is 4.95. The van der Waals surface area contributed by atoms with Crippen molar-refractivity contribution in [2.45, 2.75) is 38.9 Å². The molecule has 0 N–H and O–H groups in total. The molecule has 1 aromatic carbocycles. The normalized spacial score (nSPS) is 29.0. The fraction of sp³-hybridized carbons (Fsp3) is 0.467. The van der Waals surface area contributed by atoms with Gasteiger partial charge in [0.05, 0.1) is 12.2 Å². The number of ether oxygens (including phenoxy) is 1. The van der Waals surface area contributed by atoms with E-state index in [1.807, 2.05) is 19.1 Å². The Hall–Kier alpha value is -1.15. The van der Waals surface area contributed by atoms with Gasteiger partial charge in [-0.25, -0.2) is 4.39 Å². The Morgan fingerprint density at radius 1 is 1.29 bits per heavy atom. The molecule has 1 aromatic rings. The molecule has 0 unspecified atom stereocenters. The van der Waals surface area contributed by atoms with Crippen molar-refractivity contribution in [3.63, 3.8) is 0 Å². The summed E-state index contributed by atoms with van der Waals surface area (Å²) in [5, 5.41) is 0. The van der Waals surface area contributed by atoms with E-state index < -0.39 is 0 Å². The summed E-state index contributed by atoms with van der Waals surface area (Å²) in [5.74, 6) is 0.140. The first-order valence-electron chi connectivity index (χ1n) is 6.14. The van der Waals surface area contributed by atoms with Crippen molar-refractivity contribution in [2.75, 3.05) is 0 Å². The van der Waals surface area contributed by atoms with Gasteiger partial charge in [0.1, 0.15) is 5.82 Å². The van der Waals surface area contributed by atoms with Gasteiger partial charge in [0.25, 0.3) is 0 Å². The Morgan fingerprint density at radius 3 is 2.53 bits per heavy atom. The molecule has 2 heteroatoms. The minimum atomic E-state index is -0.204. The molecule has 2 rings (SSSR count). The summed E-state index contributed by atoms with van der Waals surface area (Å²) < 4.78 is 18.9. The van der Waals surface area contributed by atoms with Crippen LogP contribution in [0.3, 0.4) is 0 Å². The van der Waals surface area contributed by atoms with Crippen LogP contribution in [0.5, 0.6) is 0 Å². The zero-order valence-electron chi connectivity index (χ0n) is 10.4. The van der Waals surface area contributed by atoms with Crippen molar-refractivity contribution in [1.82, 2.24) is 0 Å². The molecule has 1 fully saturated rings. The Bertz CT molecular complexity index is 396. The summed E-state index contributed by atoms with van der Waals surface area (Å²) >= 11 is 0. The molecular weight excluding hydrogens is 215 g/mol. The fourth-order valence-corrected chi connectivity index (χ4v) is 2.45. The van der Waals surface area contributed by atoms with Gasteiger partial charge < -0.3 is 4.74 Å². The standard InChI is InChI=1S/C15H19FO/c1-10(2)14-9-4-11(3)17-15(14)12-5-7-13(16)8-6-12/h5-8,11,14-15H,1,4,9H2,2-3H3/t11-,14+,15+/m1/s1. The van der Waals surface area contributed by atoms with E-state index in [0.717, 1.165) is 24.0 Å². The van der Waals surface area contributed by atoms with E-state index >= 15 is 0 Å². The third kappa shape index (κ3) is 2.75. The SMILES string of the molecule is C=C(C)[C@@H]1CC[C@@H](C)O[C@H]1c1ccc(F)cc1. The third-order valence-electron chi connectivity index (χ3n) is 3.46. The molecule has 0 spiro atoms. The largest absolute Gasteiger partial charge is 0.370 e. The van der Waals surface area contributed by atoms with Crippen LogP contribution in [0, 0.1) is 11.7 Å². The van der Waals surface area contributed by atoms with Crippen molar-refractivity contribution in [3.05, 3.63) is 47.8 Å². The molecule has 0 aliphatic carbocycles. The highest BCUT2D eigenvalue weighted by molar-refractivity contribution is 5.22. The molecule has 17 heavy (non-hydrogen) atoms. The summed E-state index contributed by atoms with van der Waals surface area (Å²) in [6.45, 7) is 8.17. The highest BCUT2D eigenvalue weighted by Crippen LogP contribution is 2.39. The molecule has 3 atom stereocenters. The van der Waals surface area contributed by atoms with Gasteiger partial charge in [-0.2, -0.15) is 0 Å². The van der Waals surface area contributed by atoms with Gasteiger partial charge in [0, 0.05) is 5.92 Å². The zero-order valence-corrected chi connectivity index (χ0v) is 10.4. The first-order chi connectivity index (χ1) is 8.08. The van der Waals surface area contributed by atoms with Gasteiger partial charge in [-0.1, -0.05) is 24.3 Å². The van der Waals surface area contributed by atoms with Crippen molar-refractivity contribution < 1.29 is 9.13 Å². The summed E-state index contributed by atoms with van der Waals surface area (Å²) in [6.07, 6.45) is 2.45. The molecule has 1 heterocycles. The van der Waals surface area contributed by atoms with Crippen LogP contribution >= 0.6 is 0 Å². The lowest BCUT2D eigenvalue weighted by Crippen LogP contribution is -2.28. The monoisotopic (exact) mass is 234 g/mol. The lowest BCUT2D eigenvalue weighted by molar-refractivity contribution is -0.0672. The number of halogens is 1. The van der Waals surface area contributed by atoms with Crippen LogP contribution in [0.4, 0.5) is 4.39 Å². The Morgan fingerprint density at radius 2 is 1.94 bits per heavy atom. The Balaban J connectivity index is 2.25. The van der Waals surface area contributed by atoms with Gasteiger partial charge in [-0.3, -0.25) is 0 Å². The highest BCUT2D eigenvalue weighted by atomic mass is 19.1. The average molecular weight is 234 g/mol. The van der Waals surface area contributed by atoms with Crippen LogP contribution in [0.25, 0.3) is 0 Å².